The van der Waals surface area contributed by atoms with Crippen molar-refractivity contribution in [2.75, 3.05) is 11.5 Å². The minimum Gasteiger partial charge on any atom is -0.481 e. The maximum atomic E-state index is 10.8. The Morgan fingerprint density at radius 2 is 2.43 bits per heavy atom. The summed E-state index contributed by atoms with van der Waals surface area (Å²) in [4.78, 5) is 15.4. The molecule has 1 atom stereocenters. The lowest BCUT2D eigenvalue weighted by Crippen LogP contribution is -2.11. The van der Waals surface area contributed by atoms with Crippen molar-refractivity contribution in [3.05, 3.63) is 23.2 Å². The summed E-state index contributed by atoms with van der Waals surface area (Å²) in [6.45, 7) is 0.840. The molecule has 0 spiro atoms. The summed E-state index contributed by atoms with van der Waals surface area (Å²) in [5, 5.41) is 10.9. The van der Waals surface area contributed by atoms with Crippen molar-refractivity contribution in [3.8, 4) is 0 Å². The van der Waals surface area contributed by atoms with E-state index in [-0.39, 0.29) is 5.75 Å². The fourth-order valence-electron chi connectivity index (χ4n) is 2.52. The largest absolute Gasteiger partial charge is 0.481 e. The van der Waals surface area contributed by atoms with Crippen LogP contribution in [0.1, 0.15) is 12.8 Å². The van der Waals surface area contributed by atoms with Gasteiger partial charge in [0.25, 0.3) is 0 Å². The van der Waals surface area contributed by atoms with Crippen LogP contribution in [0.25, 0.3) is 11.0 Å². The van der Waals surface area contributed by atoms with E-state index in [1.165, 1.54) is 30.4 Å². The normalized spacial score (nSPS) is 18.4. The van der Waals surface area contributed by atoms with Gasteiger partial charge >= 0.3 is 5.97 Å². The van der Waals surface area contributed by atoms with Crippen LogP contribution in [0.4, 0.5) is 0 Å². The van der Waals surface area contributed by atoms with Gasteiger partial charge in [-0.3, -0.25) is 4.79 Å². The van der Waals surface area contributed by atoms with Gasteiger partial charge in [-0.15, -0.1) is 0 Å². The molecule has 0 amide bonds. The van der Waals surface area contributed by atoms with Gasteiger partial charge in [-0.05, 0) is 30.7 Å². The Bertz CT molecular complexity index is 668. The van der Waals surface area contributed by atoms with Crippen molar-refractivity contribution in [2.45, 2.75) is 29.8 Å². The van der Waals surface area contributed by atoms with Crippen molar-refractivity contribution < 1.29 is 9.90 Å². The minimum atomic E-state index is -0.833. The number of benzene rings is 1. The highest BCUT2D eigenvalue weighted by molar-refractivity contribution is 8.00. The number of fused-ring (bicyclic) bond motifs is 1. The summed E-state index contributed by atoms with van der Waals surface area (Å²) in [5.74, 6) is 0.376. The van der Waals surface area contributed by atoms with Crippen molar-refractivity contribution in [2.24, 2.45) is 0 Å². The molecule has 7 heteroatoms. The second-order valence-corrected chi connectivity index (χ2v) is 7.69. The first-order chi connectivity index (χ1) is 10.1. The van der Waals surface area contributed by atoms with Crippen LogP contribution in [-0.2, 0) is 11.3 Å². The van der Waals surface area contributed by atoms with Gasteiger partial charge in [-0.25, -0.2) is 4.98 Å². The molecule has 0 bridgehead atoms. The van der Waals surface area contributed by atoms with E-state index in [0.29, 0.717) is 10.3 Å². The highest BCUT2D eigenvalue weighted by Crippen LogP contribution is 2.33. The first kappa shape index (κ1) is 15.1. The minimum absolute atomic E-state index is 0.0126. The lowest BCUT2D eigenvalue weighted by atomic mass is 10.2. The van der Waals surface area contributed by atoms with Crippen LogP contribution in [0.2, 0.25) is 5.02 Å². The van der Waals surface area contributed by atoms with Gasteiger partial charge in [0.1, 0.15) is 0 Å². The molecule has 0 radical (unpaired) electrons. The molecular weight excluding hydrogens is 328 g/mol. The summed E-state index contributed by atoms with van der Waals surface area (Å²) in [6, 6.07) is 5.65. The van der Waals surface area contributed by atoms with E-state index in [1.807, 2.05) is 30.0 Å². The van der Waals surface area contributed by atoms with Gasteiger partial charge in [-0.1, -0.05) is 29.4 Å². The molecule has 1 aromatic heterocycles. The molecule has 1 N–H and O–H groups in total. The molecule has 4 nitrogen and oxygen atoms in total. The maximum Gasteiger partial charge on any atom is 0.313 e. The molecular formula is C14H15ClN2O2S2. The van der Waals surface area contributed by atoms with Gasteiger partial charge < -0.3 is 9.67 Å². The average Bonchev–Trinajstić information content (AvgIpc) is 3.06. The van der Waals surface area contributed by atoms with E-state index in [4.69, 9.17) is 16.7 Å². The first-order valence-corrected chi connectivity index (χ1v) is 9.17. The molecule has 1 fully saturated rings. The predicted molar refractivity (Wildman–Crippen MR) is 88.6 cm³/mol. The zero-order chi connectivity index (χ0) is 14.8. The number of aliphatic carboxylic acids is 1. The quantitative estimate of drug-likeness (QED) is 0.838. The van der Waals surface area contributed by atoms with Crippen LogP contribution in [0, 0.1) is 0 Å². The number of rotatable bonds is 5. The van der Waals surface area contributed by atoms with Gasteiger partial charge in [0.05, 0.1) is 21.8 Å². The van der Waals surface area contributed by atoms with Crippen LogP contribution in [0.5, 0.6) is 0 Å². The van der Waals surface area contributed by atoms with Gasteiger partial charge in [0.15, 0.2) is 5.16 Å². The summed E-state index contributed by atoms with van der Waals surface area (Å²) in [7, 11) is 0. The maximum absolute atomic E-state index is 10.8. The average molecular weight is 343 g/mol. The van der Waals surface area contributed by atoms with Crippen molar-refractivity contribution in [3.63, 3.8) is 0 Å². The monoisotopic (exact) mass is 342 g/mol. The number of carbonyl (C=O) groups is 1. The third-order valence-electron chi connectivity index (χ3n) is 3.42. The molecule has 21 heavy (non-hydrogen) atoms. The smallest absolute Gasteiger partial charge is 0.313 e. The number of thioether (sulfide) groups is 2. The van der Waals surface area contributed by atoms with E-state index in [9.17, 15) is 4.79 Å². The third kappa shape index (κ3) is 3.33. The molecule has 1 aliphatic rings. The summed E-state index contributed by atoms with van der Waals surface area (Å²) >= 11 is 9.56. The summed E-state index contributed by atoms with van der Waals surface area (Å²) in [5.41, 5.74) is 1.75. The second kappa shape index (κ2) is 6.50. The zero-order valence-corrected chi connectivity index (χ0v) is 13.7. The number of hydrogen-bond donors (Lipinski definition) is 1. The Balaban J connectivity index is 1.98. The highest BCUT2D eigenvalue weighted by Gasteiger charge is 2.21. The molecule has 1 aromatic carbocycles. The Labute approximate surface area is 136 Å². The Kier molecular flexibility index (Phi) is 4.66. The number of aromatic nitrogens is 2. The molecule has 0 saturated carbocycles. The van der Waals surface area contributed by atoms with Gasteiger partial charge in [0.2, 0.25) is 0 Å². The lowest BCUT2D eigenvalue weighted by Gasteiger charge is -2.13. The predicted octanol–water partition coefficient (Wildman–Crippen LogP) is 3.76. The van der Waals surface area contributed by atoms with Crippen LogP contribution in [0.3, 0.4) is 0 Å². The number of carboxylic acids is 1. The van der Waals surface area contributed by atoms with E-state index >= 15 is 0 Å². The van der Waals surface area contributed by atoms with Crippen LogP contribution in [-0.4, -0.2) is 37.4 Å². The van der Waals surface area contributed by atoms with Crippen LogP contribution < -0.4 is 0 Å². The molecule has 1 saturated heterocycles. The van der Waals surface area contributed by atoms with Crippen LogP contribution >= 0.6 is 35.1 Å². The Morgan fingerprint density at radius 1 is 1.57 bits per heavy atom. The van der Waals surface area contributed by atoms with Crippen molar-refractivity contribution >= 4 is 52.1 Å². The molecule has 1 aliphatic heterocycles. The lowest BCUT2D eigenvalue weighted by molar-refractivity contribution is -0.133. The molecule has 1 unspecified atom stereocenters. The topological polar surface area (TPSA) is 55.1 Å². The molecule has 3 rings (SSSR count). The van der Waals surface area contributed by atoms with Crippen molar-refractivity contribution in [1.82, 2.24) is 9.55 Å². The summed E-state index contributed by atoms with van der Waals surface area (Å²) < 4.78 is 2.09. The molecule has 112 valence electrons. The summed E-state index contributed by atoms with van der Waals surface area (Å²) in [6.07, 6.45) is 2.44. The number of hydrogen-bond acceptors (Lipinski definition) is 4. The fourth-order valence-corrected chi connectivity index (χ4v) is 4.78. The van der Waals surface area contributed by atoms with Crippen LogP contribution in [0.15, 0.2) is 23.4 Å². The Hall–Kier alpha value is -0.850. The number of para-hydroxylation sites is 1. The van der Waals surface area contributed by atoms with Crippen molar-refractivity contribution in [1.29, 1.82) is 0 Å². The van der Waals surface area contributed by atoms with E-state index < -0.39 is 5.97 Å². The standard InChI is InChI=1S/C14H15ClN2O2S2/c15-10-4-1-5-11-13(10)17(7-9-3-2-6-20-9)14(16-11)21-8-12(18)19/h1,4-5,9H,2-3,6-8H2,(H,18,19). The SMILES string of the molecule is O=C(O)CSc1nc2cccc(Cl)c2n1CC1CCCS1. The fraction of sp³-hybridized carbons (Fsp3) is 0.429. The highest BCUT2D eigenvalue weighted by atomic mass is 35.5. The number of nitrogens with zero attached hydrogens (tertiary/aromatic N) is 2. The molecule has 0 aliphatic carbocycles. The van der Waals surface area contributed by atoms with Gasteiger partial charge in [-0.2, -0.15) is 11.8 Å². The third-order valence-corrected chi connectivity index (χ3v) is 6.06. The number of halogens is 1. The van der Waals surface area contributed by atoms with E-state index in [1.54, 1.807) is 0 Å². The number of carboxylic acid groups (broad SMARTS) is 1. The zero-order valence-electron chi connectivity index (χ0n) is 11.3. The number of imidazole rings is 1. The first-order valence-electron chi connectivity index (χ1n) is 6.76. The van der Waals surface area contributed by atoms with E-state index in [0.717, 1.165) is 22.7 Å². The molecule has 2 aromatic rings. The Morgan fingerprint density at radius 3 is 3.14 bits per heavy atom. The second-order valence-electron chi connectivity index (χ2n) is 4.93. The van der Waals surface area contributed by atoms with Gasteiger partial charge in [0, 0.05) is 11.8 Å². The molecule has 2 heterocycles. The van der Waals surface area contributed by atoms with E-state index in [2.05, 4.69) is 9.55 Å².